The molecule has 1 N–H and O–H groups in total. The molecule has 0 bridgehead atoms. The number of anilines is 1. The Morgan fingerprint density at radius 1 is 1.05 bits per heavy atom. The van der Waals surface area contributed by atoms with E-state index in [1.54, 1.807) is 0 Å². The van der Waals surface area contributed by atoms with Gasteiger partial charge < -0.3 is 10.2 Å². The van der Waals surface area contributed by atoms with Crippen molar-refractivity contribution in [3.63, 3.8) is 0 Å². The highest BCUT2D eigenvalue weighted by molar-refractivity contribution is 5.71. The van der Waals surface area contributed by atoms with Crippen molar-refractivity contribution in [1.29, 1.82) is 0 Å². The Balaban J connectivity index is 1.65. The Hall–Kier alpha value is -1.80. The molecule has 0 aliphatic carbocycles. The Morgan fingerprint density at radius 2 is 1.86 bits per heavy atom. The molecule has 1 atom stereocenters. The Bertz CT molecular complexity index is 660. The minimum absolute atomic E-state index is 0.697. The highest BCUT2D eigenvalue weighted by Crippen LogP contribution is 2.36. The summed E-state index contributed by atoms with van der Waals surface area (Å²) in [6.45, 7) is 5.61. The minimum atomic E-state index is 0.697. The van der Waals surface area contributed by atoms with Crippen LogP contribution in [0.2, 0.25) is 0 Å². The average molecular weight is 292 g/mol. The van der Waals surface area contributed by atoms with E-state index in [1.807, 2.05) is 0 Å². The molecule has 22 heavy (non-hydrogen) atoms. The molecule has 2 heterocycles. The summed E-state index contributed by atoms with van der Waals surface area (Å²) in [7, 11) is 0. The zero-order valence-electron chi connectivity index (χ0n) is 13.3. The highest BCUT2D eigenvalue weighted by Gasteiger charge is 2.29. The van der Waals surface area contributed by atoms with Gasteiger partial charge in [0.05, 0.1) is 0 Å². The van der Waals surface area contributed by atoms with E-state index < -0.39 is 0 Å². The lowest BCUT2D eigenvalue weighted by atomic mass is 9.99. The minimum Gasteiger partial charge on any atom is -0.367 e. The molecule has 2 aromatic rings. The number of nitrogens with zero attached hydrogens (tertiary/aromatic N) is 1. The molecule has 0 spiro atoms. The number of rotatable bonds is 2. The van der Waals surface area contributed by atoms with Crippen molar-refractivity contribution in [3.8, 4) is 11.1 Å². The smallest absolute Gasteiger partial charge is 0.0403 e. The van der Waals surface area contributed by atoms with E-state index in [0.29, 0.717) is 6.04 Å². The Morgan fingerprint density at radius 3 is 2.68 bits per heavy atom. The lowest BCUT2D eigenvalue weighted by molar-refractivity contribution is 0.612. The second-order valence-corrected chi connectivity index (χ2v) is 6.48. The summed E-state index contributed by atoms with van der Waals surface area (Å²) in [5.74, 6) is 0. The molecule has 0 amide bonds. The zero-order chi connectivity index (χ0) is 14.9. The van der Waals surface area contributed by atoms with Crippen molar-refractivity contribution in [2.75, 3.05) is 24.5 Å². The second kappa shape index (κ2) is 5.77. The van der Waals surface area contributed by atoms with E-state index in [4.69, 9.17) is 0 Å². The van der Waals surface area contributed by atoms with Crippen LogP contribution < -0.4 is 10.2 Å². The van der Waals surface area contributed by atoms with Crippen LogP contribution in [-0.2, 0) is 12.8 Å². The summed E-state index contributed by atoms with van der Waals surface area (Å²) >= 11 is 0. The summed E-state index contributed by atoms with van der Waals surface area (Å²) in [6, 6.07) is 16.8. The van der Waals surface area contributed by atoms with Gasteiger partial charge in [0.25, 0.3) is 0 Å². The van der Waals surface area contributed by atoms with Gasteiger partial charge in [0.15, 0.2) is 0 Å². The van der Waals surface area contributed by atoms with Gasteiger partial charge in [-0.3, -0.25) is 0 Å². The van der Waals surface area contributed by atoms with E-state index in [0.717, 1.165) is 26.1 Å². The largest absolute Gasteiger partial charge is 0.367 e. The van der Waals surface area contributed by atoms with E-state index in [2.05, 4.69) is 59.6 Å². The van der Waals surface area contributed by atoms with Crippen LogP contribution in [0.25, 0.3) is 11.1 Å². The van der Waals surface area contributed by atoms with Crippen molar-refractivity contribution < 1.29 is 0 Å². The van der Waals surface area contributed by atoms with Crippen molar-refractivity contribution in [2.45, 2.75) is 32.2 Å². The van der Waals surface area contributed by atoms with E-state index in [1.165, 1.54) is 40.8 Å². The van der Waals surface area contributed by atoms with Crippen LogP contribution in [0.5, 0.6) is 0 Å². The molecule has 1 fully saturated rings. The third kappa shape index (κ3) is 2.42. The summed E-state index contributed by atoms with van der Waals surface area (Å²) in [6.07, 6.45) is 3.57. The van der Waals surface area contributed by atoms with Crippen LogP contribution in [0.3, 0.4) is 0 Å². The molecule has 0 aromatic heterocycles. The van der Waals surface area contributed by atoms with Gasteiger partial charge in [-0.1, -0.05) is 37.3 Å². The first-order valence-electron chi connectivity index (χ1n) is 8.55. The third-order valence-corrected chi connectivity index (χ3v) is 5.16. The number of hydrogen-bond acceptors (Lipinski definition) is 2. The molecule has 114 valence electrons. The van der Waals surface area contributed by atoms with Gasteiger partial charge in [-0.25, -0.2) is 0 Å². The normalized spacial score (nSPS) is 20.4. The van der Waals surface area contributed by atoms with Crippen LogP contribution in [0, 0.1) is 0 Å². The zero-order valence-corrected chi connectivity index (χ0v) is 13.3. The lowest BCUT2D eigenvalue weighted by Gasteiger charge is -2.24. The fourth-order valence-corrected chi connectivity index (χ4v) is 3.86. The molecule has 2 nitrogen and oxygen atoms in total. The fraction of sp³-hybridized carbons (Fsp3) is 0.400. The number of benzene rings is 2. The van der Waals surface area contributed by atoms with Gasteiger partial charge >= 0.3 is 0 Å². The number of nitrogens with one attached hydrogen (secondary N) is 1. The van der Waals surface area contributed by atoms with Crippen LogP contribution in [-0.4, -0.2) is 25.7 Å². The monoisotopic (exact) mass is 292 g/mol. The summed E-state index contributed by atoms with van der Waals surface area (Å²) in [4.78, 5) is 2.61. The highest BCUT2D eigenvalue weighted by atomic mass is 15.2. The van der Waals surface area contributed by atoms with Gasteiger partial charge in [0, 0.05) is 24.8 Å². The molecule has 1 unspecified atom stereocenters. The van der Waals surface area contributed by atoms with Crippen molar-refractivity contribution in [1.82, 2.24) is 5.32 Å². The Kier molecular flexibility index (Phi) is 3.63. The summed E-state index contributed by atoms with van der Waals surface area (Å²) < 4.78 is 0. The number of hydrogen-bond donors (Lipinski definition) is 1. The maximum absolute atomic E-state index is 3.51. The maximum atomic E-state index is 3.51. The van der Waals surface area contributed by atoms with Gasteiger partial charge in [0.1, 0.15) is 0 Å². The maximum Gasteiger partial charge on any atom is 0.0403 e. The van der Waals surface area contributed by atoms with Gasteiger partial charge in [-0.2, -0.15) is 0 Å². The van der Waals surface area contributed by atoms with Crippen LogP contribution in [0.15, 0.2) is 42.5 Å². The van der Waals surface area contributed by atoms with E-state index in [-0.39, 0.29) is 0 Å². The molecule has 1 saturated heterocycles. The predicted molar refractivity (Wildman–Crippen MR) is 93.6 cm³/mol. The molecule has 2 aromatic carbocycles. The van der Waals surface area contributed by atoms with Gasteiger partial charge in [-0.05, 0) is 60.2 Å². The van der Waals surface area contributed by atoms with Crippen LogP contribution in [0.4, 0.5) is 5.69 Å². The molecular weight excluding hydrogens is 268 g/mol. The molecular formula is C20H24N2. The van der Waals surface area contributed by atoms with Crippen LogP contribution >= 0.6 is 0 Å². The number of fused-ring (bicyclic) bond motifs is 3. The predicted octanol–water partition coefficient (Wildman–Crippen LogP) is 3.64. The topological polar surface area (TPSA) is 15.3 Å². The standard InChI is InChI=1S/C20H24N2/c1-2-15-3-5-16(6-4-15)17-7-8-20-18(13-17)14-19-9-10-21-11-12-22(19)20/h3-8,13,19,21H,2,9-12,14H2,1H3. The van der Waals surface area contributed by atoms with Gasteiger partial charge in [-0.15, -0.1) is 0 Å². The molecule has 2 aliphatic heterocycles. The fourth-order valence-electron chi connectivity index (χ4n) is 3.86. The lowest BCUT2D eigenvalue weighted by Crippen LogP contribution is -2.32. The molecule has 0 saturated carbocycles. The Labute approximate surface area is 133 Å². The second-order valence-electron chi connectivity index (χ2n) is 6.48. The molecule has 0 radical (unpaired) electrons. The van der Waals surface area contributed by atoms with Gasteiger partial charge in [0.2, 0.25) is 0 Å². The van der Waals surface area contributed by atoms with Crippen molar-refractivity contribution in [2.24, 2.45) is 0 Å². The number of aryl methyl sites for hydroxylation is 1. The van der Waals surface area contributed by atoms with Crippen molar-refractivity contribution in [3.05, 3.63) is 53.6 Å². The van der Waals surface area contributed by atoms with E-state index in [9.17, 15) is 0 Å². The molecule has 4 rings (SSSR count). The van der Waals surface area contributed by atoms with Crippen LogP contribution in [0.1, 0.15) is 24.5 Å². The third-order valence-electron chi connectivity index (χ3n) is 5.16. The molecule has 2 aliphatic rings. The molecule has 2 heteroatoms. The first-order chi connectivity index (χ1) is 10.8. The van der Waals surface area contributed by atoms with Crippen molar-refractivity contribution >= 4 is 5.69 Å². The first-order valence-corrected chi connectivity index (χ1v) is 8.55. The quantitative estimate of drug-likeness (QED) is 0.909. The first kappa shape index (κ1) is 13.8. The summed E-state index contributed by atoms with van der Waals surface area (Å²) in [5.41, 5.74) is 7.10. The average Bonchev–Trinajstić information content (AvgIpc) is 2.75. The summed E-state index contributed by atoms with van der Waals surface area (Å²) in [5, 5.41) is 3.51. The SMILES string of the molecule is CCc1ccc(-c2ccc3c(c2)CC2CCNCCN32)cc1. The van der Waals surface area contributed by atoms with E-state index >= 15 is 0 Å².